The van der Waals surface area contributed by atoms with E-state index in [1.165, 1.54) is 0 Å². The van der Waals surface area contributed by atoms with Crippen molar-refractivity contribution in [2.75, 3.05) is 18.1 Å². The molecule has 6 heteroatoms. The third kappa shape index (κ3) is 2.59. The lowest BCUT2D eigenvalue weighted by Crippen LogP contribution is -2.34. The summed E-state index contributed by atoms with van der Waals surface area (Å²) in [7, 11) is -1.00. The number of aromatic nitrogens is 2. The second-order valence-electron chi connectivity index (χ2n) is 5.33. The minimum atomic E-state index is -2.91. The second kappa shape index (κ2) is 4.66. The van der Waals surface area contributed by atoms with E-state index < -0.39 is 9.84 Å². The summed E-state index contributed by atoms with van der Waals surface area (Å²) in [6.45, 7) is 2.48. The summed E-state index contributed by atoms with van der Waals surface area (Å²) in [5, 5.41) is 4.40. The molecule has 0 bridgehead atoms. The van der Waals surface area contributed by atoms with Gasteiger partial charge in [0.15, 0.2) is 9.84 Å². The molecule has 2 rings (SSSR count). The molecule has 1 aliphatic rings. The molecule has 0 spiro atoms. The molecule has 0 radical (unpaired) electrons. The SMILES string of the molecule is CCc1cc(CC2(CN)CCS(=O)(=O)C2)n(C)n1. The number of aryl methyl sites for hydroxylation is 2. The maximum atomic E-state index is 11.7. The summed E-state index contributed by atoms with van der Waals surface area (Å²) in [4.78, 5) is 0. The lowest BCUT2D eigenvalue weighted by Gasteiger charge is -2.25. The Labute approximate surface area is 108 Å². The zero-order valence-electron chi connectivity index (χ0n) is 11.0. The molecule has 0 aromatic carbocycles. The van der Waals surface area contributed by atoms with Gasteiger partial charge in [0.1, 0.15) is 0 Å². The number of nitrogens with zero attached hydrogens (tertiary/aromatic N) is 2. The highest BCUT2D eigenvalue weighted by molar-refractivity contribution is 7.91. The van der Waals surface area contributed by atoms with Crippen molar-refractivity contribution in [3.63, 3.8) is 0 Å². The molecular formula is C12H21N3O2S. The smallest absolute Gasteiger partial charge is 0.150 e. The van der Waals surface area contributed by atoms with Crippen LogP contribution in [-0.4, -0.2) is 36.2 Å². The molecule has 102 valence electrons. The Bertz CT molecular complexity index is 536. The van der Waals surface area contributed by atoms with Gasteiger partial charge in [-0.3, -0.25) is 4.68 Å². The average Bonchev–Trinajstić information content (AvgIpc) is 2.81. The molecule has 2 heterocycles. The molecule has 1 atom stereocenters. The lowest BCUT2D eigenvalue weighted by atomic mass is 9.83. The largest absolute Gasteiger partial charge is 0.330 e. The molecule has 0 saturated carbocycles. The quantitative estimate of drug-likeness (QED) is 0.853. The van der Waals surface area contributed by atoms with Crippen molar-refractivity contribution in [1.82, 2.24) is 9.78 Å². The molecule has 2 N–H and O–H groups in total. The minimum Gasteiger partial charge on any atom is -0.330 e. The molecule has 5 nitrogen and oxygen atoms in total. The third-order valence-corrected chi connectivity index (χ3v) is 5.73. The second-order valence-corrected chi connectivity index (χ2v) is 7.51. The van der Waals surface area contributed by atoms with Crippen molar-refractivity contribution >= 4 is 9.84 Å². The molecule has 1 unspecified atom stereocenters. The number of hydrogen-bond acceptors (Lipinski definition) is 4. The lowest BCUT2D eigenvalue weighted by molar-refractivity contribution is 0.335. The zero-order chi connectivity index (χ0) is 13.4. The van der Waals surface area contributed by atoms with Gasteiger partial charge in [0.05, 0.1) is 17.2 Å². The fourth-order valence-corrected chi connectivity index (χ4v) is 4.83. The van der Waals surface area contributed by atoms with Crippen LogP contribution in [0.5, 0.6) is 0 Å². The standard InChI is InChI=1S/C12H21N3O2S/c1-3-10-6-11(15(2)14-10)7-12(8-13)4-5-18(16,17)9-12/h6H,3-5,7-9,13H2,1-2H3. The van der Waals surface area contributed by atoms with Crippen molar-refractivity contribution in [2.24, 2.45) is 18.2 Å². The summed E-state index contributed by atoms with van der Waals surface area (Å²) in [5.41, 5.74) is 7.66. The Kier molecular flexibility index (Phi) is 3.51. The molecule has 1 aromatic heterocycles. The van der Waals surface area contributed by atoms with E-state index in [1.54, 1.807) is 0 Å². The first-order valence-electron chi connectivity index (χ1n) is 6.32. The van der Waals surface area contributed by atoms with E-state index in [2.05, 4.69) is 18.1 Å². The van der Waals surface area contributed by atoms with E-state index in [9.17, 15) is 8.42 Å². The Morgan fingerprint density at radius 3 is 2.72 bits per heavy atom. The van der Waals surface area contributed by atoms with Crippen LogP contribution in [0, 0.1) is 5.41 Å². The molecule has 1 aromatic rings. The molecule has 1 saturated heterocycles. The van der Waals surface area contributed by atoms with Crippen molar-refractivity contribution in [2.45, 2.75) is 26.2 Å². The number of nitrogens with two attached hydrogens (primary N) is 1. The normalized spacial score (nSPS) is 26.6. The van der Waals surface area contributed by atoms with Crippen LogP contribution in [0.1, 0.15) is 24.7 Å². The van der Waals surface area contributed by atoms with Crippen molar-refractivity contribution in [1.29, 1.82) is 0 Å². The van der Waals surface area contributed by atoms with Gasteiger partial charge in [-0.25, -0.2) is 8.42 Å². The highest BCUT2D eigenvalue weighted by atomic mass is 32.2. The van der Waals surface area contributed by atoms with Crippen molar-refractivity contribution < 1.29 is 8.42 Å². The summed E-state index contributed by atoms with van der Waals surface area (Å²) < 4.78 is 25.2. The summed E-state index contributed by atoms with van der Waals surface area (Å²) >= 11 is 0. The Balaban J connectivity index is 2.23. The molecule has 0 aliphatic carbocycles. The first kappa shape index (κ1) is 13.5. The maximum Gasteiger partial charge on any atom is 0.150 e. The van der Waals surface area contributed by atoms with Crippen LogP contribution in [0.4, 0.5) is 0 Å². The summed E-state index contributed by atoms with van der Waals surface area (Å²) in [5.74, 6) is 0.478. The van der Waals surface area contributed by atoms with Gasteiger partial charge in [-0.2, -0.15) is 5.10 Å². The van der Waals surface area contributed by atoms with Crippen molar-refractivity contribution in [3.8, 4) is 0 Å². The number of rotatable bonds is 4. The van der Waals surface area contributed by atoms with Crippen LogP contribution in [0.2, 0.25) is 0 Å². The van der Waals surface area contributed by atoms with Gasteiger partial charge in [0.25, 0.3) is 0 Å². The Morgan fingerprint density at radius 2 is 2.28 bits per heavy atom. The van der Waals surface area contributed by atoms with Gasteiger partial charge in [-0.15, -0.1) is 0 Å². The van der Waals surface area contributed by atoms with Gasteiger partial charge in [0.2, 0.25) is 0 Å². The van der Waals surface area contributed by atoms with Gasteiger partial charge in [-0.1, -0.05) is 6.92 Å². The molecule has 1 fully saturated rings. The van der Waals surface area contributed by atoms with E-state index in [1.807, 2.05) is 11.7 Å². The van der Waals surface area contributed by atoms with Crippen LogP contribution in [0.15, 0.2) is 6.07 Å². The van der Waals surface area contributed by atoms with E-state index in [0.29, 0.717) is 19.4 Å². The first-order chi connectivity index (χ1) is 8.40. The van der Waals surface area contributed by atoms with Gasteiger partial charge in [0, 0.05) is 18.2 Å². The van der Waals surface area contributed by atoms with Gasteiger partial charge >= 0.3 is 0 Å². The summed E-state index contributed by atoms with van der Waals surface area (Å²) in [6, 6.07) is 2.06. The Hall–Kier alpha value is -0.880. The topological polar surface area (TPSA) is 78.0 Å². The van der Waals surface area contributed by atoms with E-state index >= 15 is 0 Å². The van der Waals surface area contributed by atoms with Crippen LogP contribution < -0.4 is 5.73 Å². The number of hydrogen-bond donors (Lipinski definition) is 1. The van der Waals surface area contributed by atoms with Gasteiger partial charge in [-0.05, 0) is 31.9 Å². The van der Waals surface area contributed by atoms with E-state index in [4.69, 9.17) is 5.73 Å². The van der Waals surface area contributed by atoms with Crippen molar-refractivity contribution in [3.05, 3.63) is 17.5 Å². The predicted octanol–water partition coefficient (Wildman–Crippen LogP) is 0.289. The zero-order valence-corrected chi connectivity index (χ0v) is 11.8. The van der Waals surface area contributed by atoms with Gasteiger partial charge < -0.3 is 5.73 Å². The molecule has 0 amide bonds. The fourth-order valence-electron chi connectivity index (χ4n) is 2.65. The highest BCUT2D eigenvalue weighted by Gasteiger charge is 2.41. The van der Waals surface area contributed by atoms with E-state index in [0.717, 1.165) is 17.8 Å². The average molecular weight is 271 g/mol. The highest BCUT2D eigenvalue weighted by Crippen LogP contribution is 2.34. The Morgan fingerprint density at radius 1 is 1.56 bits per heavy atom. The van der Waals surface area contributed by atoms with Crippen LogP contribution >= 0.6 is 0 Å². The number of sulfone groups is 1. The molecule has 18 heavy (non-hydrogen) atoms. The maximum absolute atomic E-state index is 11.7. The predicted molar refractivity (Wildman–Crippen MR) is 71.0 cm³/mol. The van der Waals surface area contributed by atoms with E-state index in [-0.39, 0.29) is 16.9 Å². The third-order valence-electron chi connectivity index (χ3n) is 3.85. The fraction of sp³-hybridized carbons (Fsp3) is 0.750. The first-order valence-corrected chi connectivity index (χ1v) is 8.14. The monoisotopic (exact) mass is 271 g/mol. The van der Waals surface area contributed by atoms with Crippen LogP contribution in [0.25, 0.3) is 0 Å². The van der Waals surface area contributed by atoms with Crippen LogP contribution in [0.3, 0.4) is 0 Å². The molecule has 1 aliphatic heterocycles. The van der Waals surface area contributed by atoms with Crippen LogP contribution in [-0.2, 0) is 29.7 Å². The summed E-state index contributed by atoms with van der Waals surface area (Å²) in [6.07, 6.45) is 2.26. The minimum absolute atomic E-state index is 0.211. The molecular weight excluding hydrogens is 250 g/mol.